The third kappa shape index (κ3) is 8.82. The van der Waals surface area contributed by atoms with E-state index in [0.29, 0.717) is 22.6 Å². The molecule has 0 bridgehead atoms. The Morgan fingerprint density at radius 1 is 1.09 bits per heavy atom. The topological polar surface area (TPSA) is 73.9 Å². The van der Waals surface area contributed by atoms with E-state index in [0.717, 1.165) is 5.56 Å². The first-order valence-corrected chi connectivity index (χ1v) is 11.9. The summed E-state index contributed by atoms with van der Waals surface area (Å²) in [4.78, 5) is 25.3. The van der Waals surface area contributed by atoms with Crippen LogP contribution in [0.2, 0.25) is 5.02 Å². The molecule has 0 aliphatic carbocycles. The quantitative estimate of drug-likeness (QED) is 0.388. The van der Waals surface area contributed by atoms with Crippen molar-refractivity contribution in [3.05, 3.63) is 58.9 Å². The van der Waals surface area contributed by atoms with E-state index in [4.69, 9.17) is 25.8 Å². The summed E-state index contributed by atoms with van der Waals surface area (Å²) >= 11 is 6.03. The number of carbonyl (C=O) groups excluding carboxylic acids is 2. The van der Waals surface area contributed by atoms with Crippen molar-refractivity contribution in [2.24, 2.45) is 5.41 Å². The first kappa shape index (κ1) is 28.6. The monoisotopic (exact) mass is 507 g/mol. The summed E-state index contributed by atoms with van der Waals surface area (Å²) in [6.45, 7) is 9.21. The highest BCUT2D eigenvalue weighted by molar-refractivity contribution is 6.30. The fourth-order valence-electron chi connectivity index (χ4n) is 3.84. The van der Waals surface area contributed by atoms with E-state index >= 15 is 0 Å². The second-order valence-corrected chi connectivity index (χ2v) is 10.2. The fourth-order valence-corrected chi connectivity index (χ4v) is 4.01. The van der Waals surface area contributed by atoms with Crippen LogP contribution in [0.5, 0.6) is 0 Å². The van der Waals surface area contributed by atoms with Crippen LogP contribution in [0, 0.1) is 11.2 Å². The normalized spacial score (nSPS) is 14.1. The smallest absolute Gasteiger partial charge is 0.407 e. The number of esters is 1. The van der Waals surface area contributed by atoms with Gasteiger partial charge in [-0.2, -0.15) is 0 Å². The highest BCUT2D eigenvalue weighted by Crippen LogP contribution is 2.29. The molecule has 1 N–H and O–H groups in total. The summed E-state index contributed by atoms with van der Waals surface area (Å²) < 4.78 is 30.3. The van der Waals surface area contributed by atoms with Gasteiger partial charge in [0.1, 0.15) is 11.4 Å². The zero-order valence-corrected chi connectivity index (χ0v) is 22.0. The molecule has 0 aliphatic rings. The van der Waals surface area contributed by atoms with Gasteiger partial charge in [-0.1, -0.05) is 35.9 Å². The zero-order chi connectivity index (χ0) is 26.2. The van der Waals surface area contributed by atoms with Crippen molar-refractivity contribution in [2.75, 3.05) is 20.3 Å². The minimum absolute atomic E-state index is 0.130. The van der Waals surface area contributed by atoms with Crippen molar-refractivity contribution in [2.45, 2.75) is 59.1 Å². The van der Waals surface area contributed by atoms with Crippen LogP contribution in [0.3, 0.4) is 0 Å². The molecule has 2 aromatic rings. The summed E-state index contributed by atoms with van der Waals surface area (Å²) in [6, 6.07) is 11.3. The summed E-state index contributed by atoms with van der Waals surface area (Å²) in [5.74, 6) is -0.763. The Morgan fingerprint density at radius 3 is 2.31 bits per heavy atom. The Morgan fingerprint density at radius 2 is 1.74 bits per heavy atom. The van der Waals surface area contributed by atoms with Crippen molar-refractivity contribution < 1.29 is 28.2 Å². The van der Waals surface area contributed by atoms with Crippen molar-refractivity contribution in [3.8, 4) is 11.1 Å². The third-order valence-corrected chi connectivity index (χ3v) is 5.56. The van der Waals surface area contributed by atoms with Gasteiger partial charge in [-0.3, -0.25) is 4.79 Å². The van der Waals surface area contributed by atoms with Gasteiger partial charge in [0.2, 0.25) is 0 Å². The van der Waals surface area contributed by atoms with Crippen LogP contribution in [0.4, 0.5) is 9.18 Å². The number of hydrogen-bond acceptors (Lipinski definition) is 5. The van der Waals surface area contributed by atoms with Gasteiger partial charge < -0.3 is 19.5 Å². The average Bonchev–Trinajstić information content (AvgIpc) is 2.75. The molecule has 0 aliphatic heterocycles. The molecule has 2 atom stereocenters. The zero-order valence-electron chi connectivity index (χ0n) is 21.2. The van der Waals surface area contributed by atoms with E-state index in [-0.39, 0.29) is 25.5 Å². The molecule has 0 aromatic heterocycles. The van der Waals surface area contributed by atoms with Crippen LogP contribution in [0.1, 0.15) is 46.6 Å². The standard InChI is InChI=1S/C27H35ClFNO5/c1-7-34-24(31)27(5,17-33-6)16-21(30-25(32)35-26(2,3)4)14-18-8-10-19(11-9-18)22-15-20(28)12-13-23(22)29/h8-13,15,21H,7,14,16-17H2,1-6H3,(H,30,32). The number of hydrogen-bond donors (Lipinski definition) is 1. The second-order valence-electron chi connectivity index (χ2n) is 9.79. The highest BCUT2D eigenvalue weighted by Gasteiger charge is 2.38. The van der Waals surface area contributed by atoms with E-state index in [9.17, 15) is 14.0 Å². The highest BCUT2D eigenvalue weighted by atomic mass is 35.5. The van der Waals surface area contributed by atoms with Gasteiger partial charge in [0.05, 0.1) is 18.6 Å². The molecular formula is C27H35ClFNO5. The summed E-state index contributed by atoms with van der Waals surface area (Å²) in [6.07, 6.45) is 0.101. The Kier molecular flexibility index (Phi) is 10.1. The summed E-state index contributed by atoms with van der Waals surface area (Å²) in [5, 5.41) is 3.34. The molecule has 0 spiro atoms. The molecule has 35 heavy (non-hydrogen) atoms. The fraction of sp³-hybridized carbons (Fsp3) is 0.481. The van der Waals surface area contributed by atoms with Crippen molar-refractivity contribution in [1.29, 1.82) is 0 Å². The van der Waals surface area contributed by atoms with Crippen LogP contribution in [-0.2, 0) is 25.4 Å². The molecule has 2 rings (SSSR count). The van der Waals surface area contributed by atoms with E-state index in [1.807, 2.05) is 12.1 Å². The third-order valence-electron chi connectivity index (χ3n) is 5.32. The number of methoxy groups -OCH3 is 1. The molecule has 2 aromatic carbocycles. The van der Waals surface area contributed by atoms with Crippen molar-refractivity contribution >= 4 is 23.7 Å². The van der Waals surface area contributed by atoms with Gasteiger partial charge in [-0.15, -0.1) is 0 Å². The molecule has 0 fully saturated rings. The van der Waals surface area contributed by atoms with Crippen LogP contribution < -0.4 is 5.32 Å². The maximum absolute atomic E-state index is 14.3. The number of alkyl carbamates (subject to hydrolysis) is 1. The lowest BCUT2D eigenvalue weighted by atomic mass is 9.82. The van der Waals surface area contributed by atoms with Crippen LogP contribution in [-0.4, -0.2) is 44.0 Å². The summed E-state index contributed by atoms with van der Waals surface area (Å²) in [5.41, 5.74) is 0.326. The first-order valence-electron chi connectivity index (χ1n) is 11.6. The average molecular weight is 508 g/mol. The van der Waals surface area contributed by atoms with E-state index < -0.39 is 29.1 Å². The lowest BCUT2D eigenvalue weighted by Crippen LogP contribution is -2.46. The molecule has 0 saturated heterocycles. The minimum Gasteiger partial charge on any atom is -0.466 e. The minimum atomic E-state index is -0.978. The predicted molar refractivity (Wildman–Crippen MR) is 135 cm³/mol. The lowest BCUT2D eigenvalue weighted by molar-refractivity contribution is -0.158. The molecule has 1 amide bonds. The van der Waals surface area contributed by atoms with E-state index in [1.165, 1.54) is 19.2 Å². The number of nitrogens with one attached hydrogen (secondary N) is 1. The van der Waals surface area contributed by atoms with Gasteiger partial charge in [-0.25, -0.2) is 9.18 Å². The molecule has 0 heterocycles. The Labute approximate surface area is 212 Å². The van der Waals surface area contributed by atoms with Crippen LogP contribution in [0.25, 0.3) is 11.1 Å². The number of ether oxygens (including phenoxy) is 3. The van der Waals surface area contributed by atoms with Crippen molar-refractivity contribution in [1.82, 2.24) is 5.32 Å². The van der Waals surface area contributed by atoms with Crippen molar-refractivity contribution in [3.63, 3.8) is 0 Å². The maximum Gasteiger partial charge on any atom is 0.407 e. The molecule has 0 saturated carbocycles. The molecule has 192 valence electrons. The number of halogens is 2. The number of carbonyl (C=O) groups is 2. The Hall–Kier alpha value is -2.64. The molecule has 6 nitrogen and oxygen atoms in total. The predicted octanol–water partition coefficient (Wildman–Crippen LogP) is 6.19. The summed E-state index contributed by atoms with van der Waals surface area (Å²) in [7, 11) is 1.52. The largest absolute Gasteiger partial charge is 0.466 e. The van der Waals surface area contributed by atoms with Gasteiger partial charge >= 0.3 is 12.1 Å². The van der Waals surface area contributed by atoms with Crippen LogP contribution in [0.15, 0.2) is 42.5 Å². The van der Waals surface area contributed by atoms with Gasteiger partial charge in [0.15, 0.2) is 0 Å². The number of benzene rings is 2. The van der Waals surface area contributed by atoms with E-state index in [2.05, 4.69) is 5.32 Å². The Bertz CT molecular complexity index is 1010. The number of amides is 1. The number of rotatable bonds is 10. The molecule has 2 unspecified atom stereocenters. The first-order chi connectivity index (χ1) is 16.4. The van der Waals surface area contributed by atoms with Gasteiger partial charge in [0, 0.05) is 23.7 Å². The molecule has 8 heteroatoms. The maximum atomic E-state index is 14.3. The molecule has 0 radical (unpaired) electrons. The van der Waals surface area contributed by atoms with Gasteiger partial charge in [-0.05, 0) is 76.8 Å². The van der Waals surface area contributed by atoms with E-state index in [1.54, 1.807) is 52.8 Å². The lowest BCUT2D eigenvalue weighted by Gasteiger charge is -2.31. The van der Waals surface area contributed by atoms with Gasteiger partial charge in [0.25, 0.3) is 0 Å². The second kappa shape index (κ2) is 12.4. The Balaban J connectivity index is 2.29. The van der Waals surface area contributed by atoms with Crippen LogP contribution >= 0.6 is 11.6 Å². The molecular weight excluding hydrogens is 473 g/mol. The SMILES string of the molecule is CCOC(=O)C(C)(COC)CC(Cc1ccc(-c2cc(Cl)ccc2F)cc1)NC(=O)OC(C)(C)C.